The van der Waals surface area contributed by atoms with Crippen molar-refractivity contribution in [2.24, 2.45) is 0 Å². The van der Waals surface area contributed by atoms with Crippen molar-refractivity contribution in [2.45, 2.75) is 44.4 Å². The van der Waals surface area contributed by atoms with E-state index < -0.39 is 24.5 Å². The molecular weight excluding hydrogens is 488 g/mol. The van der Waals surface area contributed by atoms with Crippen LogP contribution in [0.3, 0.4) is 0 Å². The third kappa shape index (κ3) is 4.54. The molecule has 0 aliphatic carbocycles. The van der Waals surface area contributed by atoms with Gasteiger partial charge in [-0.1, -0.05) is 6.07 Å². The Kier molecular flexibility index (Phi) is 6.41. The maximum atomic E-state index is 11.2. The Bertz CT molecular complexity index is 1420. The lowest BCUT2D eigenvalue weighted by molar-refractivity contribution is -0.142. The molecule has 1 aromatic carbocycles. The Labute approximate surface area is 208 Å². The average Bonchev–Trinajstić information content (AvgIpc) is 3.60. The van der Waals surface area contributed by atoms with Crippen molar-refractivity contribution in [3.05, 3.63) is 35.9 Å². The number of nitrogens with one attached hydrogen (secondary N) is 1. The SMILES string of the molecule is CCn1nnc([C@H]2O[C@@H](n3cnc4c(N)nc(NCCc5ccc(O)c(O)c5)nc43)[C@H](OC=O)[C@@H]2O)n1. The van der Waals surface area contributed by atoms with Gasteiger partial charge in [-0.05, 0) is 36.3 Å². The number of fused-ring (bicyclic) bond motifs is 1. The van der Waals surface area contributed by atoms with Gasteiger partial charge in [-0.15, -0.1) is 10.2 Å². The molecular formula is C21H24N10O6. The van der Waals surface area contributed by atoms with E-state index in [1.54, 1.807) is 6.07 Å². The fraction of sp³-hybridized carbons (Fsp3) is 0.381. The number of aryl methyl sites for hydroxylation is 1. The molecule has 4 aromatic rings. The molecule has 0 bridgehead atoms. The lowest BCUT2D eigenvalue weighted by Gasteiger charge is -2.19. The number of phenols is 2. The summed E-state index contributed by atoms with van der Waals surface area (Å²) in [6, 6.07) is 4.55. The van der Waals surface area contributed by atoms with Gasteiger partial charge in [0.15, 0.2) is 41.4 Å². The predicted molar refractivity (Wildman–Crippen MR) is 125 cm³/mol. The molecule has 194 valence electrons. The lowest BCUT2D eigenvalue weighted by Crippen LogP contribution is -2.32. The summed E-state index contributed by atoms with van der Waals surface area (Å²) < 4.78 is 12.7. The van der Waals surface area contributed by atoms with Crippen LogP contribution < -0.4 is 11.1 Å². The lowest BCUT2D eigenvalue weighted by atomic mass is 10.1. The van der Waals surface area contributed by atoms with Gasteiger partial charge >= 0.3 is 0 Å². The first-order chi connectivity index (χ1) is 17.9. The average molecular weight is 512 g/mol. The van der Waals surface area contributed by atoms with E-state index in [1.807, 2.05) is 6.92 Å². The third-order valence-electron chi connectivity index (χ3n) is 5.89. The van der Waals surface area contributed by atoms with Crippen LogP contribution in [0.15, 0.2) is 24.5 Å². The quantitative estimate of drug-likeness (QED) is 0.143. The number of hydrogen-bond acceptors (Lipinski definition) is 14. The van der Waals surface area contributed by atoms with Gasteiger partial charge in [-0.3, -0.25) is 9.36 Å². The van der Waals surface area contributed by atoms with Crippen molar-refractivity contribution in [3.63, 3.8) is 0 Å². The molecule has 6 N–H and O–H groups in total. The number of aliphatic hydroxyl groups excluding tert-OH is 1. The highest BCUT2D eigenvalue weighted by Crippen LogP contribution is 2.40. The molecule has 0 saturated carbocycles. The van der Waals surface area contributed by atoms with Gasteiger partial charge in [0.1, 0.15) is 11.6 Å². The molecule has 0 spiro atoms. The zero-order chi connectivity index (χ0) is 26.1. The highest BCUT2D eigenvalue weighted by atomic mass is 16.6. The molecule has 1 saturated heterocycles. The summed E-state index contributed by atoms with van der Waals surface area (Å²) in [6.07, 6.45) is -2.56. The van der Waals surface area contributed by atoms with Crippen molar-refractivity contribution in [3.8, 4) is 11.5 Å². The van der Waals surface area contributed by atoms with Crippen molar-refractivity contribution in [1.29, 1.82) is 0 Å². The molecule has 5 rings (SSSR count). The van der Waals surface area contributed by atoms with Crippen LogP contribution in [0.1, 0.15) is 30.6 Å². The number of aliphatic hydroxyl groups is 1. The smallest absolute Gasteiger partial charge is 0.293 e. The predicted octanol–water partition coefficient (Wildman–Crippen LogP) is -0.347. The molecule has 4 heterocycles. The Balaban J connectivity index is 1.40. The number of nitrogen functional groups attached to an aromatic ring is 1. The zero-order valence-electron chi connectivity index (χ0n) is 19.5. The van der Waals surface area contributed by atoms with E-state index in [0.29, 0.717) is 19.5 Å². The normalized spacial score (nSPS) is 21.4. The van der Waals surface area contributed by atoms with E-state index in [9.17, 15) is 20.1 Å². The Morgan fingerprint density at radius 3 is 2.84 bits per heavy atom. The van der Waals surface area contributed by atoms with Crippen molar-refractivity contribution >= 4 is 29.4 Å². The number of tetrazole rings is 1. The van der Waals surface area contributed by atoms with Gasteiger partial charge in [-0.2, -0.15) is 14.8 Å². The number of nitrogens with zero attached hydrogens (tertiary/aromatic N) is 8. The Hall–Kier alpha value is -4.57. The van der Waals surface area contributed by atoms with Crippen LogP contribution in [0, 0.1) is 0 Å². The molecule has 1 aliphatic rings. The summed E-state index contributed by atoms with van der Waals surface area (Å²) >= 11 is 0. The number of anilines is 2. The molecule has 4 atom stereocenters. The minimum Gasteiger partial charge on any atom is -0.504 e. The standard InChI is InChI=1S/C21H24N10O6/c1-2-31-28-18(27-29-31)15-14(35)16(36-9-32)20(37-15)30-8-24-13-17(22)25-21(26-19(13)30)23-6-5-10-3-4-11(33)12(34)7-10/h3-4,7-9,14-16,20,33-35H,2,5-6H2,1H3,(H3,22,23,25,26)/t14-,15+,16-,20-/m1/s1. The number of carbonyl (C=O) groups excluding carboxylic acids is 1. The second-order valence-corrected chi connectivity index (χ2v) is 8.23. The van der Waals surface area contributed by atoms with Crippen LogP contribution >= 0.6 is 0 Å². The van der Waals surface area contributed by atoms with Crippen molar-refractivity contribution in [1.82, 2.24) is 39.7 Å². The first-order valence-electron chi connectivity index (χ1n) is 11.3. The minimum atomic E-state index is -1.29. The van der Waals surface area contributed by atoms with E-state index in [-0.39, 0.29) is 46.7 Å². The Morgan fingerprint density at radius 1 is 1.27 bits per heavy atom. The largest absolute Gasteiger partial charge is 0.504 e. The number of phenolic OH excluding ortho intramolecular Hbond substituents is 2. The second-order valence-electron chi connectivity index (χ2n) is 8.23. The fourth-order valence-corrected chi connectivity index (χ4v) is 4.05. The summed E-state index contributed by atoms with van der Waals surface area (Å²) in [7, 11) is 0. The highest BCUT2D eigenvalue weighted by Gasteiger charge is 2.49. The molecule has 16 nitrogen and oxygen atoms in total. The second kappa shape index (κ2) is 9.82. The van der Waals surface area contributed by atoms with E-state index >= 15 is 0 Å². The van der Waals surface area contributed by atoms with Crippen LogP contribution in [-0.2, 0) is 27.2 Å². The third-order valence-corrected chi connectivity index (χ3v) is 5.89. The summed E-state index contributed by atoms with van der Waals surface area (Å²) in [5, 5.41) is 45.1. The number of rotatable bonds is 9. The zero-order valence-corrected chi connectivity index (χ0v) is 19.5. The van der Waals surface area contributed by atoms with E-state index in [0.717, 1.165) is 5.56 Å². The molecule has 0 unspecified atom stereocenters. The number of carbonyl (C=O) groups is 1. The first kappa shape index (κ1) is 24.1. The molecule has 16 heteroatoms. The van der Waals surface area contributed by atoms with E-state index in [1.165, 1.54) is 27.8 Å². The molecule has 1 aliphatic heterocycles. The molecule has 0 radical (unpaired) electrons. The fourth-order valence-electron chi connectivity index (χ4n) is 4.05. The molecule has 3 aromatic heterocycles. The molecule has 37 heavy (non-hydrogen) atoms. The monoisotopic (exact) mass is 512 g/mol. The van der Waals surface area contributed by atoms with Crippen molar-refractivity contribution < 1.29 is 29.6 Å². The number of aromatic nitrogens is 8. The van der Waals surface area contributed by atoms with Gasteiger partial charge in [0.2, 0.25) is 11.8 Å². The van der Waals surface area contributed by atoms with Crippen LogP contribution in [-0.4, -0.2) is 80.3 Å². The summed E-state index contributed by atoms with van der Waals surface area (Å²) in [4.78, 5) is 25.5. The molecule has 1 fully saturated rings. The summed E-state index contributed by atoms with van der Waals surface area (Å²) in [5.74, 6) is 0.0300. The van der Waals surface area contributed by atoms with Crippen LogP contribution in [0.25, 0.3) is 11.2 Å². The maximum absolute atomic E-state index is 11.2. The number of aromatic hydroxyl groups is 2. The maximum Gasteiger partial charge on any atom is 0.293 e. The highest BCUT2D eigenvalue weighted by molar-refractivity contribution is 5.83. The number of nitrogens with two attached hydrogens (primary N) is 1. The minimum absolute atomic E-state index is 0.101. The van der Waals surface area contributed by atoms with Crippen LogP contribution in [0.5, 0.6) is 11.5 Å². The van der Waals surface area contributed by atoms with Gasteiger partial charge in [0.25, 0.3) is 6.47 Å². The summed E-state index contributed by atoms with van der Waals surface area (Å²) in [5.41, 5.74) is 7.46. The van der Waals surface area contributed by atoms with Gasteiger partial charge < -0.3 is 35.8 Å². The van der Waals surface area contributed by atoms with Crippen LogP contribution in [0.2, 0.25) is 0 Å². The topological polar surface area (TPSA) is 221 Å². The number of ether oxygens (including phenoxy) is 2. The van der Waals surface area contributed by atoms with E-state index in [2.05, 4.69) is 35.7 Å². The van der Waals surface area contributed by atoms with Gasteiger partial charge in [-0.25, -0.2) is 4.98 Å². The van der Waals surface area contributed by atoms with Gasteiger partial charge in [0, 0.05) is 6.54 Å². The number of imidazole rings is 1. The Morgan fingerprint density at radius 2 is 2.11 bits per heavy atom. The van der Waals surface area contributed by atoms with Gasteiger partial charge in [0.05, 0.1) is 12.9 Å². The molecule has 0 amide bonds. The number of benzene rings is 1. The first-order valence-corrected chi connectivity index (χ1v) is 11.3. The van der Waals surface area contributed by atoms with Crippen molar-refractivity contribution in [2.75, 3.05) is 17.6 Å². The number of hydrogen-bond donors (Lipinski definition) is 5. The summed E-state index contributed by atoms with van der Waals surface area (Å²) in [6.45, 7) is 2.92. The van der Waals surface area contributed by atoms with E-state index in [4.69, 9.17) is 15.2 Å². The van der Waals surface area contributed by atoms with Crippen LogP contribution in [0.4, 0.5) is 11.8 Å².